The summed E-state index contributed by atoms with van der Waals surface area (Å²) in [4.78, 5) is 21.0. The number of carboxylic acids is 1. The van der Waals surface area contributed by atoms with Gasteiger partial charge < -0.3 is 16.2 Å². The van der Waals surface area contributed by atoms with Crippen molar-refractivity contribution in [1.29, 1.82) is 0 Å². The molecule has 1 fully saturated rings. The summed E-state index contributed by atoms with van der Waals surface area (Å²) in [6, 6.07) is -0.555. The summed E-state index contributed by atoms with van der Waals surface area (Å²) in [6.45, 7) is 0.463. The molecule has 0 unspecified atom stereocenters. The highest BCUT2D eigenvalue weighted by Crippen LogP contribution is 2.49. The van der Waals surface area contributed by atoms with Crippen molar-refractivity contribution in [2.24, 2.45) is 11.1 Å². The Morgan fingerprint density at radius 3 is 2.46 bits per heavy atom. The summed E-state index contributed by atoms with van der Waals surface area (Å²) in [6.07, 6.45) is 2.83. The van der Waals surface area contributed by atoms with Crippen LogP contribution in [0.3, 0.4) is 0 Å². The highest BCUT2D eigenvalue weighted by atomic mass is 16.4. The van der Waals surface area contributed by atoms with Crippen LogP contribution in [0.5, 0.6) is 0 Å². The van der Waals surface area contributed by atoms with E-state index in [-0.39, 0.29) is 0 Å². The molecule has 0 aliphatic heterocycles. The van der Waals surface area contributed by atoms with Crippen LogP contribution in [0, 0.1) is 5.41 Å². The largest absolute Gasteiger partial charge is 0.481 e. The average Bonchev–Trinajstić information content (AvgIpc) is 2.78. The molecule has 1 aliphatic carbocycles. The lowest BCUT2D eigenvalue weighted by atomic mass is 10.0. The zero-order valence-corrected chi connectivity index (χ0v) is 7.38. The molecule has 0 aromatic rings. The van der Waals surface area contributed by atoms with Gasteiger partial charge in [-0.05, 0) is 25.7 Å². The highest BCUT2D eigenvalue weighted by molar-refractivity contribution is 5.77. The Hall–Kier alpha value is -1.26. The van der Waals surface area contributed by atoms with Crippen LogP contribution in [-0.2, 0) is 4.79 Å². The van der Waals surface area contributed by atoms with E-state index in [9.17, 15) is 9.59 Å². The number of carbonyl (C=O) groups is 2. The molecule has 74 valence electrons. The fourth-order valence-corrected chi connectivity index (χ4v) is 1.36. The van der Waals surface area contributed by atoms with Crippen LogP contribution in [0.15, 0.2) is 0 Å². The van der Waals surface area contributed by atoms with Crippen LogP contribution in [0.2, 0.25) is 0 Å². The number of hydrogen-bond acceptors (Lipinski definition) is 2. The molecule has 1 saturated carbocycles. The number of aliphatic carboxylic acids is 1. The molecule has 0 aromatic heterocycles. The van der Waals surface area contributed by atoms with Gasteiger partial charge in [-0.3, -0.25) is 4.79 Å². The second-order valence-electron chi connectivity index (χ2n) is 3.48. The first-order chi connectivity index (χ1) is 6.07. The molecular formula is C8H14N2O3. The number of nitrogens with one attached hydrogen (secondary N) is 1. The van der Waals surface area contributed by atoms with E-state index in [0.717, 1.165) is 12.8 Å². The van der Waals surface area contributed by atoms with E-state index in [1.165, 1.54) is 0 Å². The van der Waals surface area contributed by atoms with Gasteiger partial charge in [0.1, 0.15) is 0 Å². The maximum Gasteiger partial charge on any atom is 0.312 e. The normalized spacial score (nSPS) is 17.8. The summed E-state index contributed by atoms with van der Waals surface area (Å²) in [5, 5.41) is 11.2. The Kier molecular flexibility index (Phi) is 2.75. The third kappa shape index (κ3) is 2.61. The topological polar surface area (TPSA) is 92.4 Å². The quantitative estimate of drug-likeness (QED) is 0.539. The molecule has 1 aliphatic rings. The lowest BCUT2D eigenvalue weighted by Crippen LogP contribution is -2.30. The predicted molar refractivity (Wildman–Crippen MR) is 46.1 cm³/mol. The molecule has 2 amide bonds. The van der Waals surface area contributed by atoms with Crippen molar-refractivity contribution in [3.05, 3.63) is 0 Å². The predicted octanol–water partition coefficient (Wildman–Crippen LogP) is 0.300. The number of primary amides is 1. The van der Waals surface area contributed by atoms with Gasteiger partial charge in [0.15, 0.2) is 0 Å². The highest BCUT2D eigenvalue weighted by Gasteiger charge is 2.49. The van der Waals surface area contributed by atoms with Crippen molar-refractivity contribution in [3.8, 4) is 0 Å². The first-order valence-electron chi connectivity index (χ1n) is 4.33. The van der Waals surface area contributed by atoms with E-state index >= 15 is 0 Å². The number of nitrogens with two attached hydrogens (primary N) is 1. The van der Waals surface area contributed by atoms with Crippen LogP contribution in [0.1, 0.15) is 25.7 Å². The molecule has 0 radical (unpaired) electrons. The maximum absolute atomic E-state index is 10.7. The van der Waals surface area contributed by atoms with Crippen molar-refractivity contribution in [2.75, 3.05) is 6.54 Å². The second kappa shape index (κ2) is 3.64. The van der Waals surface area contributed by atoms with E-state index in [4.69, 9.17) is 10.8 Å². The summed E-state index contributed by atoms with van der Waals surface area (Å²) in [7, 11) is 0. The molecule has 4 N–H and O–H groups in total. The average molecular weight is 186 g/mol. The van der Waals surface area contributed by atoms with Crippen LogP contribution < -0.4 is 11.1 Å². The Balaban J connectivity index is 2.13. The van der Waals surface area contributed by atoms with Crippen LogP contribution in [0.4, 0.5) is 4.79 Å². The Morgan fingerprint density at radius 1 is 1.46 bits per heavy atom. The molecule has 0 aromatic carbocycles. The second-order valence-corrected chi connectivity index (χ2v) is 3.48. The minimum Gasteiger partial charge on any atom is -0.481 e. The van der Waals surface area contributed by atoms with Crippen molar-refractivity contribution < 1.29 is 14.7 Å². The third-order valence-electron chi connectivity index (χ3n) is 2.44. The number of amides is 2. The van der Waals surface area contributed by atoms with Crippen LogP contribution in [-0.4, -0.2) is 23.7 Å². The van der Waals surface area contributed by atoms with Crippen LogP contribution in [0.25, 0.3) is 0 Å². The molecule has 5 nitrogen and oxygen atoms in total. The Morgan fingerprint density at radius 2 is 2.08 bits per heavy atom. The zero-order chi connectivity index (χ0) is 9.90. The van der Waals surface area contributed by atoms with E-state index < -0.39 is 17.4 Å². The van der Waals surface area contributed by atoms with E-state index in [1.807, 2.05) is 0 Å². The number of hydrogen-bond donors (Lipinski definition) is 3. The molecule has 0 bridgehead atoms. The smallest absolute Gasteiger partial charge is 0.312 e. The van der Waals surface area contributed by atoms with Gasteiger partial charge in [0, 0.05) is 6.54 Å². The number of carbonyl (C=O) groups excluding carboxylic acids is 1. The molecule has 5 heteroatoms. The van der Waals surface area contributed by atoms with Gasteiger partial charge in [-0.15, -0.1) is 0 Å². The maximum atomic E-state index is 10.7. The first-order valence-corrected chi connectivity index (χ1v) is 4.33. The standard InChI is InChI=1S/C8H14N2O3/c9-7(13)10-5-1-2-8(3-4-8)6(11)12/h1-5H2,(H,11,12)(H3,9,10,13). The minimum absolute atomic E-state index is 0.463. The lowest BCUT2D eigenvalue weighted by molar-refractivity contribution is -0.143. The Bertz CT molecular complexity index is 223. The molecule has 13 heavy (non-hydrogen) atoms. The van der Waals surface area contributed by atoms with Crippen molar-refractivity contribution in [3.63, 3.8) is 0 Å². The first kappa shape index (κ1) is 9.83. The van der Waals surface area contributed by atoms with Crippen molar-refractivity contribution >= 4 is 12.0 Å². The molecular weight excluding hydrogens is 172 g/mol. The van der Waals surface area contributed by atoms with Crippen molar-refractivity contribution in [2.45, 2.75) is 25.7 Å². The lowest BCUT2D eigenvalue weighted by Gasteiger charge is -2.08. The summed E-state index contributed by atoms with van der Waals surface area (Å²) in [5.74, 6) is -0.716. The summed E-state index contributed by atoms with van der Waals surface area (Å²) >= 11 is 0. The zero-order valence-electron chi connectivity index (χ0n) is 7.38. The van der Waals surface area contributed by atoms with E-state index in [1.54, 1.807) is 0 Å². The fraction of sp³-hybridized carbons (Fsp3) is 0.750. The van der Waals surface area contributed by atoms with E-state index in [0.29, 0.717) is 19.4 Å². The number of rotatable bonds is 5. The van der Waals surface area contributed by atoms with Gasteiger partial charge in [0.05, 0.1) is 5.41 Å². The SMILES string of the molecule is NC(=O)NCCCC1(C(=O)O)CC1. The van der Waals surface area contributed by atoms with Gasteiger partial charge in [-0.25, -0.2) is 4.79 Å². The van der Waals surface area contributed by atoms with Crippen molar-refractivity contribution in [1.82, 2.24) is 5.32 Å². The van der Waals surface area contributed by atoms with Crippen LogP contribution >= 0.6 is 0 Å². The van der Waals surface area contributed by atoms with Gasteiger partial charge in [0.2, 0.25) is 0 Å². The fourth-order valence-electron chi connectivity index (χ4n) is 1.36. The Labute approximate surface area is 76.3 Å². The molecule has 0 saturated heterocycles. The van der Waals surface area contributed by atoms with Gasteiger partial charge in [-0.2, -0.15) is 0 Å². The van der Waals surface area contributed by atoms with Gasteiger partial charge >= 0.3 is 12.0 Å². The molecule has 0 spiro atoms. The van der Waals surface area contributed by atoms with E-state index in [2.05, 4.69) is 5.32 Å². The number of urea groups is 1. The summed E-state index contributed by atoms with van der Waals surface area (Å²) < 4.78 is 0. The summed E-state index contributed by atoms with van der Waals surface area (Å²) in [5.41, 5.74) is 4.36. The molecule has 0 atom stereocenters. The molecule has 1 rings (SSSR count). The molecule has 0 heterocycles. The van der Waals surface area contributed by atoms with Gasteiger partial charge in [-0.1, -0.05) is 0 Å². The monoisotopic (exact) mass is 186 g/mol. The number of carboxylic acid groups (broad SMARTS) is 1. The minimum atomic E-state index is -0.716. The van der Waals surface area contributed by atoms with Gasteiger partial charge in [0.25, 0.3) is 0 Å². The third-order valence-corrected chi connectivity index (χ3v) is 2.44.